The predicted molar refractivity (Wildman–Crippen MR) is 76.3 cm³/mol. The van der Waals surface area contributed by atoms with Crippen LogP contribution < -0.4 is 4.90 Å². The van der Waals surface area contributed by atoms with Gasteiger partial charge < -0.3 is 10.0 Å². The molecule has 0 aliphatic rings. The third kappa shape index (κ3) is 2.66. The number of halogens is 1. The molecule has 0 heterocycles. The molecule has 2 rings (SSSR count). The Hall–Kier alpha value is -1.51. The molecule has 0 saturated heterocycles. The molecule has 1 unspecified atom stereocenters. The van der Waals surface area contributed by atoms with Gasteiger partial charge in [0.05, 0.1) is 0 Å². The second-order valence-electron chi connectivity index (χ2n) is 4.41. The Morgan fingerprint density at radius 3 is 2.44 bits per heavy atom. The zero-order chi connectivity index (χ0) is 13.1. The largest absolute Gasteiger partial charge is 0.384 e. The van der Waals surface area contributed by atoms with Crippen LogP contribution in [0.1, 0.15) is 17.2 Å². The highest BCUT2D eigenvalue weighted by molar-refractivity contribution is 6.31. The standard InChI is InChI=1S/C15H16ClNO/c1-17(2)12-7-5-6-11(10-12)15(18)13-8-3-4-9-14(13)16/h3-10,15,18H,1-2H3. The van der Waals surface area contributed by atoms with E-state index < -0.39 is 6.10 Å². The zero-order valence-corrected chi connectivity index (χ0v) is 11.2. The molecule has 0 radical (unpaired) electrons. The molecular formula is C15H16ClNO. The van der Waals surface area contributed by atoms with Crippen LogP contribution in [0, 0.1) is 0 Å². The fourth-order valence-electron chi connectivity index (χ4n) is 1.85. The first-order valence-electron chi connectivity index (χ1n) is 5.79. The zero-order valence-electron chi connectivity index (χ0n) is 10.5. The van der Waals surface area contributed by atoms with Gasteiger partial charge in [-0.3, -0.25) is 0 Å². The number of nitrogens with zero attached hydrogens (tertiary/aromatic N) is 1. The van der Waals surface area contributed by atoms with Gasteiger partial charge in [0.2, 0.25) is 0 Å². The van der Waals surface area contributed by atoms with E-state index in [4.69, 9.17) is 11.6 Å². The van der Waals surface area contributed by atoms with Gasteiger partial charge in [0.1, 0.15) is 6.10 Å². The Morgan fingerprint density at radius 1 is 1.06 bits per heavy atom. The average molecular weight is 262 g/mol. The van der Waals surface area contributed by atoms with Crippen LogP contribution in [0.15, 0.2) is 48.5 Å². The number of hydrogen-bond donors (Lipinski definition) is 1. The fourth-order valence-corrected chi connectivity index (χ4v) is 2.09. The van der Waals surface area contributed by atoms with Crippen molar-refractivity contribution >= 4 is 17.3 Å². The SMILES string of the molecule is CN(C)c1cccc(C(O)c2ccccc2Cl)c1. The van der Waals surface area contributed by atoms with Gasteiger partial charge in [-0.15, -0.1) is 0 Å². The van der Waals surface area contributed by atoms with Crippen LogP contribution in [0.4, 0.5) is 5.69 Å². The van der Waals surface area contributed by atoms with Gasteiger partial charge in [0, 0.05) is 30.4 Å². The minimum atomic E-state index is -0.696. The van der Waals surface area contributed by atoms with Crippen molar-refractivity contribution in [2.75, 3.05) is 19.0 Å². The Balaban J connectivity index is 2.37. The number of anilines is 1. The summed E-state index contributed by atoms with van der Waals surface area (Å²) in [5, 5.41) is 11.0. The minimum Gasteiger partial charge on any atom is -0.384 e. The maximum atomic E-state index is 10.4. The minimum absolute atomic E-state index is 0.584. The van der Waals surface area contributed by atoms with Gasteiger partial charge in [-0.1, -0.05) is 41.9 Å². The molecule has 0 fully saturated rings. The molecule has 0 bridgehead atoms. The lowest BCUT2D eigenvalue weighted by molar-refractivity contribution is 0.220. The fraction of sp³-hybridized carbons (Fsp3) is 0.200. The van der Waals surface area contributed by atoms with Gasteiger partial charge >= 0.3 is 0 Å². The summed E-state index contributed by atoms with van der Waals surface area (Å²) in [5.74, 6) is 0. The summed E-state index contributed by atoms with van der Waals surface area (Å²) in [6.45, 7) is 0. The van der Waals surface area contributed by atoms with Crippen molar-refractivity contribution in [3.05, 3.63) is 64.7 Å². The van der Waals surface area contributed by atoms with Crippen LogP contribution in [0.25, 0.3) is 0 Å². The van der Waals surface area contributed by atoms with E-state index in [-0.39, 0.29) is 0 Å². The summed E-state index contributed by atoms with van der Waals surface area (Å²) in [4.78, 5) is 2.00. The van der Waals surface area contributed by atoms with Gasteiger partial charge in [0.15, 0.2) is 0 Å². The number of aliphatic hydroxyl groups is 1. The molecule has 1 atom stereocenters. The van der Waals surface area contributed by atoms with Crippen LogP contribution >= 0.6 is 11.6 Å². The summed E-state index contributed by atoms with van der Waals surface area (Å²) in [5.41, 5.74) is 2.63. The van der Waals surface area contributed by atoms with Gasteiger partial charge in [-0.25, -0.2) is 0 Å². The maximum absolute atomic E-state index is 10.4. The molecule has 0 spiro atoms. The first kappa shape index (κ1) is 12.9. The monoisotopic (exact) mass is 261 g/mol. The van der Waals surface area contributed by atoms with Crippen molar-refractivity contribution in [3.8, 4) is 0 Å². The van der Waals surface area contributed by atoms with E-state index in [1.807, 2.05) is 61.5 Å². The summed E-state index contributed by atoms with van der Waals surface area (Å²) in [6, 6.07) is 15.2. The second-order valence-corrected chi connectivity index (χ2v) is 4.82. The number of hydrogen-bond acceptors (Lipinski definition) is 2. The third-order valence-electron chi connectivity index (χ3n) is 2.90. The molecule has 1 N–H and O–H groups in total. The lowest BCUT2D eigenvalue weighted by Gasteiger charge is -2.17. The van der Waals surface area contributed by atoms with E-state index in [2.05, 4.69) is 0 Å². The Bertz CT molecular complexity index is 540. The molecule has 0 aliphatic carbocycles. The quantitative estimate of drug-likeness (QED) is 0.914. The Kier molecular flexibility index (Phi) is 3.90. The van der Waals surface area contributed by atoms with E-state index in [0.717, 1.165) is 16.8 Å². The molecule has 0 saturated carbocycles. The lowest BCUT2D eigenvalue weighted by atomic mass is 10.0. The highest BCUT2D eigenvalue weighted by Gasteiger charge is 2.13. The second kappa shape index (κ2) is 5.42. The van der Waals surface area contributed by atoms with Crippen molar-refractivity contribution in [2.45, 2.75) is 6.10 Å². The number of benzene rings is 2. The van der Waals surface area contributed by atoms with Crippen LogP contribution in [0.5, 0.6) is 0 Å². The van der Waals surface area contributed by atoms with E-state index >= 15 is 0 Å². The first-order valence-corrected chi connectivity index (χ1v) is 6.17. The first-order chi connectivity index (χ1) is 8.59. The van der Waals surface area contributed by atoms with Gasteiger partial charge in [0.25, 0.3) is 0 Å². The van der Waals surface area contributed by atoms with Crippen LogP contribution in [-0.4, -0.2) is 19.2 Å². The van der Waals surface area contributed by atoms with Crippen LogP contribution in [-0.2, 0) is 0 Å². The molecule has 94 valence electrons. The lowest BCUT2D eigenvalue weighted by Crippen LogP contribution is -2.09. The van der Waals surface area contributed by atoms with E-state index in [1.165, 1.54) is 0 Å². The van der Waals surface area contributed by atoms with E-state index in [0.29, 0.717) is 5.02 Å². The normalized spacial score (nSPS) is 12.2. The number of aliphatic hydroxyl groups excluding tert-OH is 1. The summed E-state index contributed by atoms with van der Waals surface area (Å²) >= 11 is 6.10. The van der Waals surface area contributed by atoms with Crippen molar-refractivity contribution < 1.29 is 5.11 Å². The van der Waals surface area contributed by atoms with Gasteiger partial charge in [-0.2, -0.15) is 0 Å². The Labute approximate surface area is 112 Å². The third-order valence-corrected chi connectivity index (χ3v) is 3.25. The number of rotatable bonds is 3. The summed E-state index contributed by atoms with van der Waals surface area (Å²) in [7, 11) is 3.95. The molecule has 0 amide bonds. The molecule has 2 nitrogen and oxygen atoms in total. The smallest absolute Gasteiger partial charge is 0.106 e. The van der Waals surface area contributed by atoms with E-state index in [9.17, 15) is 5.11 Å². The molecule has 2 aromatic rings. The van der Waals surface area contributed by atoms with Crippen LogP contribution in [0.3, 0.4) is 0 Å². The highest BCUT2D eigenvalue weighted by atomic mass is 35.5. The summed E-state index contributed by atoms with van der Waals surface area (Å²) < 4.78 is 0. The molecule has 3 heteroatoms. The summed E-state index contributed by atoms with van der Waals surface area (Å²) in [6.07, 6.45) is -0.696. The molecule has 18 heavy (non-hydrogen) atoms. The maximum Gasteiger partial charge on any atom is 0.106 e. The van der Waals surface area contributed by atoms with Crippen molar-refractivity contribution in [2.24, 2.45) is 0 Å². The van der Waals surface area contributed by atoms with Crippen molar-refractivity contribution in [1.82, 2.24) is 0 Å². The highest BCUT2D eigenvalue weighted by Crippen LogP contribution is 2.29. The Morgan fingerprint density at radius 2 is 1.78 bits per heavy atom. The van der Waals surface area contributed by atoms with Crippen molar-refractivity contribution in [3.63, 3.8) is 0 Å². The average Bonchev–Trinajstić information content (AvgIpc) is 2.38. The van der Waals surface area contributed by atoms with E-state index in [1.54, 1.807) is 6.07 Å². The van der Waals surface area contributed by atoms with Crippen LogP contribution in [0.2, 0.25) is 5.02 Å². The topological polar surface area (TPSA) is 23.5 Å². The van der Waals surface area contributed by atoms with Gasteiger partial charge in [-0.05, 0) is 23.8 Å². The predicted octanol–water partition coefficient (Wildman–Crippen LogP) is 3.49. The molecule has 2 aromatic carbocycles. The molecular weight excluding hydrogens is 246 g/mol. The molecule has 0 aliphatic heterocycles. The molecule has 0 aromatic heterocycles. The van der Waals surface area contributed by atoms with Crippen molar-refractivity contribution in [1.29, 1.82) is 0 Å².